The van der Waals surface area contributed by atoms with Crippen LogP contribution in [0.15, 0.2) is 42.5 Å². The maximum Gasteiger partial charge on any atom is 0.268 e. The molecule has 0 spiro atoms. The normalized spacial score (nSPS) is 17.2. The zero-order chi connectivity index (χ0) is 17.9. The minimum atomic E-state index is -0.428. The number of anilines is 1. The minimum Gasteiger partial charge on any atom is -0.481 e. The fourth-order valence-electron chi connectivity index (χ4n) is 4.19. The molecule has 2 aromatic rings. The minimum absolute atomic E-state index is 0.0809. The molecule has 0 bridgehead atoms. The molecule has 2 aliphatic rings. The average Bonchev–Trinajstić information content (AvgIpc) is 2.71. The van der Waals surface area contributed by atoms with Crippen LogP contribution >= 0.6 is 0 Å². The van der Waals surface area contributed by atoms with Crippen LogP contribution in [0.3, 0.4) is 0 Å². The molecule has 2 aromatic carbocycles. The van der Waals surface area contributed by atoms with Gasteiger partial charge >= 0.3 is 0 Å². The maximum atomic E-state index is 13.2. The zero-order valence-corrected chi connectivity index (χ0v) is 15.5. The number of hydrogen-bond acceptors (Lipinski definition) is 2. The molecule has 3 heteroatoms. The van der Waals surface area contributed by atoms with E-state index in [-0.39, 0.29) is 5.91 Å². The lowest BCUT2D eigenvalue weighted by atomic mass is 9.92. The molecule has 4 rings (SSSR count). The molecule has 1 aliphatic heterocycles. The van der Waals surface area contributed by atoms with Gasteiger partial charge in [0.1, 0.15) is 5.75 Å². The van der Waals surface area contributed by atoms with Crippen molar-refractivity contribution in [2.75, 3.05) is 11.4 Å². The first kappa shape index (κ1) is 17.1. The summed E-state index contributed by atoms with van der Waals surface area (Å²) >= 11 is 0. The van der Waals surface area contributed by atoms with Gasteiger partial charge in [0.15, 0.2) is 6.10 Å². The predicted molar refractivity (Wildman–Crippen MR) is 105 cm³/mol. The van der Waals surface area contributed by atoms with Crippen LogP contribution in [0.1, 0.15) is 49.3 Å². The van der Waals surface area contributed by atoms with E-state index in [1.54, 1.807) is 0 Å². The first-order valence-electron chi connectivity index (χ1n) is 9.94. The average molecular weight is 349 g/mol. The lowest BCUT2D eigenvalue weighted by Gasteiger charge is -2.32. The second-order valence-corrected chi connectivity index (χ2v) is 7.37. The Labute approximate surface area is 156 Å². The van der Waals surface area contributed by atoms with Crippen LogP contribution in [0.4, 0.5) is 5.69 Å². The van der Waals surface area contributed by atoms with E-state index in [2.05, 4.69) is 24.3 Å². The molecular formula is C23H27NO2. The van der Waals surface area contributed by atoms with Crippen LogP contribution in [-0.2, 0) is 24.1 Å². The molecule has 136 valence electrons. The molecule has 0 radical (unpaired) electrons. The summed E-state index contributed by atoms with van der Waals surface area (Å²) < 4.78 is 6.17. The van der Waals surface area contributed by atoms with Crippen LogP contribution in [0.25, 0.3) is 0 Å². The third-order valence-electron chi connectivity index (χ3n) is 5.62. The molecule has 1 aliphatic carbocycles. The first-order chi connectivity index (χ1) is 12.8. The standard InChI is InChI=1S/C23H27NO2/c1-2-22(26-20-14-13-17-8-3-4-10-19(17)16-20)23(25)24-15-7-11-18-9-5-6-12-21(18)24/h5-6,9,12-14,16,22H,2-4,7-8,10-11,15H2,1H3/t22-/m0/s1. The van der Waals surface area contributed by atoms with Gasteiger partial charge in [-0.3, -0.25) is 4.79 Å². The fraction of sp³-hybridized carbons (Fsp3) is 0.435. The van der Waals surface area contributed by atoms with Crippen molar-refractivity contribution in [3.63, 3.8) is 0 Å². The molecule has 0 unspecified atom stereocenters. The van der Waals surface area contributed by atoms with E-state index < -0.39 is 6.10 Å². The van der Waals surface area contributed by atoms with Crippen LogP contribution in [0.5, 0.6) is 5.75 Å². The number of aryl methyl sites for hydroxylation is 3. The van der Waals surface area contributed by atoms with Crippen LogP contribution in [-0.4, -0.2) is 18.6 Å². The van der Waals surface area contributed by atoms with Gasteiger partial charge in [0, 0.05) is 12.2 Å². The Morgan fingerprint density at radius 1 is 1.00 bits per heavy atom. The molecule has 3 nitrogen and oxygen atoms in total. The summed E-state index contributed by atoms with van der Waals surface area (Å²) in [6, 6.07) is 14.6. The maximum absolute atomic E-state index is 13.2. The Balaban J connectivity index is 1.53. The number of fused-ring (bicyclic) bond motifs is 2. The summed E-state index contributed by atoms with van der Waals surface area (Å²) in [7, 11) is 0. The van der Waals surface area contributed by atoms with Gasteiger partial charge < -0.3 is 9.64 Å². The molecule has 1 heterocycles. The van der Waals surface area contributed by atoms with Crippen molar-refractivity contribution in [3.05, 3.63) is 59.2 Å². The van der Waals surface area contributed by atoms with Crippen molar-refractivity contribution in [2.45, 2.75) is 58.0 Å². The number of rotatable bonds is 4. The van der Waals surface area contributed by atoms with Crippen LogP contribution in [0.2, 0.25) is 0 Å². The van der Waals surface area contributed by atoms with Gasteiger partial charge in [-0.2, -0.15) is 0 Å². The Hall–Kier alpha value is -2.29. The molecule has 1 atom stereocenters. The monoisotopic (exact) mass is 349 g/mol. The number of amides is 1. The van der Waals surface area contributed by atoms with Gasteiger partial charge in [-0.25, -0.2) is 0 Å². The van der Waals surface area contributed by atoms with Crippen molar-refractivity contribution >= 4 is 11.6 Å². The topological polar surface area (TPSA) is 29.5 Å². The lowest BCUT2D eigenvalue weighted by Crippen LogP contribution is -2.44. The number of carbonyl (C=O) groups excluding carboxylic acids is 1. The van der Waals surface area contributed by atoms with E-state index in [0.29, 0.717) is 6.42 Å². The smallest absolute Gasteiger partial charge is 0.268 e. The van der Waals surface area contributed by atoms with E-state index in [1.165, 1.54) is 29.5 Å². The highest BCUT2D eigenvalue weighted by atomic mass is 16.5. The van der Waals surface area contributed by atoms with E-state index >= 15 is 0 Å². The number of hydrogen-bond donors (Lipinski definition) is 0. The van der Waals surface area contributed by atoms with Gasteiger partial charge in [0.05, 0.1) is 0 Å². The predicted octanol–water partition coefficient (Wildman–Crippen LogP) is 4.70. The number of nitrogens with zero attached hydrogens (tertiary/aromatic N) is 1. The van der Waals surface area contributed by atoms with Crippen molar-refractivity contribution in [1.29, 1.82) is 0 Å². The first-order valence-corrected chi connectivity index (χ1v) is 9.94. The molecule has 1 amide bonds. The highest BCUT2D eigenvalue weighted by molar-refractivity contribution is 5.97. The largest absolute Gasteiger partial charge is 0.481 e. The number of ether oxygens (including phenoxy) is 1. The molecule has 0 saturated heterocycles. The molecule has 0 saturated carbocycles. The van der Waals surface area contributed by atoms with E-state index in [1.807, 2.05) is 30.0 Å². The Bertz CT molecular complexity index is 799. The zero-order valence-electron chi connectivity index (χ0n) is 15.5. The third kappa shape index (κ3) is 3.35. The van der Waals surface area contributed by atoms with Crippen LogP contribution in [0, 0.1) is 0 Å². The van der Waals surface area contributed by atoms with Crippen molar-refractivity contribution in [2.24, 2.45) is 0 Å². The van der Waals surface area contributed by atoms with Crippen molar-refractivity contribution < 1.29 is 9.53 Å². The van der Waals surface area contributed by atoms with E-state index in [4.69, 9.17) is 4.74 Å². The summed E-state index contributed by atoms with van der Waals surface area (Å²) in [6.45, 7) is 2.80. The van der Waals surface area contributed by atoms with Crippen molar-refractivity contribution in [3.8, 4) is 5.75 Å². The quantitative estimate of drug-likeness (QED) is 0.800. The van der Waals surface area contributed by atoms with Gasteiger partial charge in [0.25, 0.3) is 5.91 Å². The van der Waals surface area contributed by atoms with E-state index in [0.717, 1.165) is 43.7 Å². The Morgan fingerprint density at radius 2 is 1.77 bits per heavy atom. The third-order valence-corrected chi connectivity index (χ3v) is 5.62. The highest BCUT2D eigenvalue weighted by Gasteiger charge is 2.29. The number of carbonyl (C=O) groups is 1. The van der Waals surface area contributed by atoms with Gasteiger partial charge in [-0.1, -0.05) is 31.2 Å². The highest BCUT2D eigenvalue weighted by Crippen LogP contribution is 2.29. The summed E-state index contributed by atoms with van der Waals surface area (Å²) in [5, 5.41) is 0. The summed E-state index contributed by atoms with van der Waals surface area (Å²) in [4.78, 5) is 15.1. The second kappa shape index (κ2) is 7.53. The molecule has 26 heavy (non-hydrogen) atoms. The molecule has 0 fully saturated rings. The summed E-state index contributed by atoms with van der Waals surface area (Å²) in [5.74, 6) is 0.911. The summed E-state index contributed by atoms with van der Waals surface area (Å²) in [6.07, 6.45) is 7.11. The lowest BCUT2D eigenvalue weighted by molar-refractivity contribution is -0.125. The fourth-order valence-corrected chi connectivity index (χ4v) is 4.19. The number of para-hydroxylation sites is 1. The molecule has 0 aromatic heterocycles. The van der Waals surface area contributed by atoms with Crippen LogP contribution < -0.4 is 9.64 Å². The Morgan fingerprint density at radius 3 is 2.62 bits per heavy atom. The SMILES string of the molecule is CC[C@H](Oc1ccc2c(c1)CCCC2)C(=O)N1CCCc2ccccc21. The van der Waals surface area contributed by atoms with Gasteiger partial charge in [-0.15, -0.1) is 0 Å². The second-order valence-electron chi connectivity index (χ2n) is 7.37. The van der Waals surface area contributed by atoms with Gasteiger partial charge in [-0.05, 0) is 79.8 Å². The molecular weight excluding hydrogens is 322 g/mol. The summed E-state index contributed by atoms with van der Waals surface area (Å²) in [5.41, 5.74) is 5.14. The van der Waals surface area contributed by atoms with Crippen molar-refractivity contribution in [1.82, 2.24) is 0 Å². The van der Waals surface area contributed by atoms with E-state index in [9.17, 15) is 4.79 Å². The molecule has 0 N–H and O–H groups in total. The van der Waals surface area contributed by atoms with Gasteiger partial charge in [0.2, 0.25) is 0 Å². The Kier molecular flexibility index (Phi) is 4.96. The number of benzene rings is 2.